The molecule has 0 atom stereocenters. The molecule has 1 aromatic rings. The summed E-state index contributed by atoms with van der Waals surface area (Å²) in [4.78, 5) is 15.2. The monoisotopic (exact) mass is 335 g/mol. The van der Waals surface area contributed by atoms with Gasteiger partial charge in [0.15, 0.2) is 9.84 Å². The van der Waals surface area contributed by atoms with Crippen LogP contribution in [0.15, 0.2) is 17.2 Å². The van der Waals surface area contributed by atoms with Gasteiger partial charge in [-0.3, -0.25) is 4.79 Å². The van der Waals surface area contributed by atoms with E-state index in [0.717, 1.165) is 0 Å². The van der Waals surface area contributed by atoms with Crippen LogP contribution >= 0.6 is 15.9 Å². The molecule has 1 aromatic heterocycles. The van der Waals surface area contributed by atoms with E-state index in [2.05, 4.69) is 26.2 Å². The molecule has 0 aromatic carbocycles. The molecule has 0 aliphatic heterocycles. The van der Waals surface area contributed by atoms with Crippen LogP contribution in [0.5, 0.6) is 0 Å². The molecule has 1 rings (SSSR count). The van der Waals surface area contributed by atoms with E-state index in [9.17, 15) is 13.2 Å². The van der Waals surface area contributed by atoms with Crippen LogP contribution in [-0.2, 0) is 14.6 Å². The van der Waals surface area contributed by atoms with Crippen molar-refractivity contribution in [1.29, 1.82) is 0 Å². The Morgan fingerprint density at radius 1 is 1.56 bits per heavy atom. The van der Waals surface area contributed by atoms with Crippen molar-refractivity contribution in [3.63, 3.8) is 0 Å². The van der Waals surface area contributed by atoms with Gasteiger partial charge in [0, 0.05) is 17.9 Å². The minimum atomic E-state index is -3.36. The highest BCUT2D eigenvalue weighted by Crippen LogP contribution is 2.21. The van der Waals surface area contributed by atoms with Crippen LogP contribution in [0.4, 0.5) is 11.5 Å². The summed E-state index contributed by atoms with van der Waals surface area (Å²) in [6.07, 6.45) is 1.46. The minimum Gasteiger partial charge on any atom is -0.382 e. The van der Waals surface area contributed by atoms with Gasteiger partial charge in [-0.25, -0.2) is 13.4 Å². The number of hydrogen-bond acceptors (Lipinski definition) is 5. The van der Waals surface area contributed by atoms with Gasteiger partial charge in [-0.1, -0.05) is 22.9 Å². The third-order valence-electron chi connectivity index (χ3n) is 2.23. The second-order valence-electron chi connectivity index (χ2n) is 3.49. The maximum Gasteiger partial charge on any atom is 0.225 e. The van der Waals surface area contributed by atoms with Crippen molar-refractivity contribution in [1.82, 2.24) is 4.98 Å². The van der Waals surface area contributed by atoms with E-state index in [-0.39, 0.29) is 34.5 Å². The first kappa shape index (κ1) is 14.9. The van der Waals surface area contributed by atoms with Crippen LogP contribution in [0.3, 0.4) is 0 Å². The van der Waals surface area contributed by atoms with Gasteiger partial charge in [-0.2, -0.15) is 0 Å². The lowest BCUT2D eigenvalue weighted by molar-refractivity contribution is -0.115. The topological polar surface area (TPSA) is 102 Å². The van der Waals surface area contributed by atoms with Gasteiger partial charge in [-0.05, 0) is 6.07 Å². The second kappa shape index (κ2) is 6.14. The normalized spacial score (nSPS) is 11.2. The van der Waals surface area contributed by atoms with Crippen molar-refractivity contribution in [2.75, 3.05) is 22.1 Å². The number of halogens is 1. The van der Waals surface area contributed by atoms with E-state index in [1.807, 2.05) is 0 Å². The fourth-order valence-corrected chi connectivity index (χ4v) is 2.40. The molecular formula is C10H14BrN3O3S. The molecule has 0 saturated carbocycles. The molecule has 0 unspecified atom stereocenters. The number of amides is 1. The van der Waals surface area contributed by atoms with Gasteiger partial charge in [0.1, 0.15) is 5.82 Å². The molecule has 0 aliphatic rings. The van der Waals surface area contributed by atoms with Gasteiger partial charge in [0.05, 0.1) is 16.3 Å². The van der Waals surface area contributed by atoms with E-state index in [0.29, 0.717) is 5.33 Å². The Bertz CT molecular complexity index is 545. The summed E-state index contributed by atoms with van der Waals surface area (Å²) in [5, 5.41) is 3.04. The smallest absolute Gasteiger partial charge is 0.225 e. The highest BCUT2D eigenvalue weighted by Gasteiger charge is 2.15. The molecule has 8 heteroatoms. The molecule has 0 aliphatic carbocycles. The molecule has 0 fully saturated rings. The SMILES string of the molecule is CCS(=O)(=O)c1cnc(N)c(NC(=O)CCBr)c1. The lowest BCUT2D eigenvalue weighted by Crippen LogP contribution is -2.15. The fourth-order valence-electron chi connectivity index (χ4n) is 1.19. The number of carbonyl (C=O) groups is 1. The Hall–Kier alpha value is -1.15. The van der Waals surface area contributed by atoms with Crippen LogP contribution in [0, 0.1) is 0 Å². The van der Waals surface area contributed by atoms with Crippen LogP contribution in [0.2, 0.25) is 0 Å². The van der Waals surface area contributed by atoms with E-state index in [4.69, 9.17) is 5.73 Å². The van der Waals surface area contributed by atoms with Crippen molar-refractivity contribution >= 4 is 43.2 Å². The third-order valence-corrected chi connectivity index (χ3v) is 4.33. The zero-order valence-electron chi connectivity index (χ0n) is 9.81. The first-order chi connectivity index (χ1) is 8.40. The van der Waals surface area contributed by atoms with Crippen LogP contribution in [0.1, 0.15) is 13.3 Å². The van der Waals surface area contributed by atoms with E-state index in [1.165, 1.54) is 19.2 Å². The lowest BCUT2D eigenvalue weighted by atomic mass is 10.3. The first-order valence-corrected chi connectivity index (χ1v) is 8.02. The number of nitrogen functional groups attached to an aromatic ring is 1. The maximum absolute atomic E-state index is 11.7. The molecule has 0 radical (unpaired) electrons. The summed E-state index contributed by atoms with van der Waals surface area (Å²) in [6, 6.07) is 1.33. The molecule has 0 bridgehead atoms. The second-order valence-corrected chi connectivity index (χ2v) is 6.57. The molecule has 1 amide bonds. The number of nitrogens with one attached hydrogen (secondary N) is 1. The standard InChI is InChI=1S/C10H14BrN3O3S/c1-2-18(16,17)7-5-8(10(12)13-6-7)14-9(15)3-4-11/h5-6H,2-4H2,1H3,(H2,12,13)(H,14,15). The van der Waals surface area contributed by atoms with Gasteiger partial charge < -0.3 is 11.1 Å². The Morgan fingerprint density at radius 2 is 2.22 bits per heavy atom. The summed E-state index contributed by atoms with van der Waals surface area (Å²) in [5.41, 5.74) is 5.80. The summed E-state index contributed by atoms with van der Waals surface area (Å²) in [5.74, 6) is -0.202. The molecular weight excluding hydrogens is 322 g/mol. The predicted molar refractivity (Wildman–Crippen MR) is 73.4 cm³/mol. The number of aromatic nitrogens is 1. The number of carbonyl (C=O) groups excluding carboxylic acids is 1. The number of hydrogen-bond donors (Lipinski definition) is 2. The van der Waals surface area contributed by atoms with Gasteiger partial charge in [-0.15, -0.1) is 0 Å². The van der Waals surface area contributed by atoms with E-state index < -0.39 is 9.84 Å². The van der Waals surface area contributed by atoms with Gasteiger partial charge in [0.25, 0.3) is 0 Å². The summed E-state index contributed by atoms with van der Waals surface area (Å²) in [6.45, 7) is 1.54. The fraction of sp³-hybridized carbons (Fsp3) is 0.400. The van der Waals surface area contributed by atoms with Gasteiger partial charge in [0.2, 0.25) is 5.91 Å². The average Bonchev–Trinajstić information content (AvgIpc) is 2.32. The highest BCUT2D eigenvalue weighted by atomic mass is 79.9. The first-order valence-electron chi connectivity index (χ1n) is 5.24. The van der Waals surface area contributed by atoms with E-state index in [1.54, 1.807) is 0 Å². The van der Waals surface area contributed by atoms with Crippen molar-refractivity contribution < 1.29 is 13.2 Å². The Kier molecular flexibility index (Phi) is 5.09. The minimum absolute atomic E-state index is 0.0343. The number of anilines is 2. The van der Waals surface area contributed by atoms with Gasteiger partial charge >= 0.3 is 0 Å². The van der Waals surface area contributed by atoms with E-state index >= 15 is 0 Å². The van der Waals surface area contributed by atoms with Crippen molar-refractivity contribution in [3.05, 3.63) is 12.3 Å². The lowest BCUT2D eigenvalue weighted by Gasteiger charge is -2.09. The van der Waals surface area contributed by atoms with Crippen molar-refractivity contribution in [3.8, 4) is 0 Å². The number of rotatable bonds is 5. The Labute approximate surface area is 114 Å². The Morgan fingerprint density at radius 3 is 2.78 bits per heavy atom. The molecule has 1 heterocycles. The number of pyridine rings is 1. The maximum atomic E-state index is 11.7. The average molecular weight is 336 g/mol. The quantitative estimate of drug-likeness (QED) is 0.786. The van der Waals surface area contributed by atoms with Crippen molar-refractivity contribution in [2.45, 2.75) is 18.2 Å². The van der Waals surface area contributed by atoms with Crippen molar-refractivity contribution in [2.24, 2.45) is 0 Å². The number of alkyl halides is 1. The molecule has 3 N–H and O–H groups in total. The summed E-state index contributed by atoms with van der Waals surface area (Å²) < 4.78 is 23.3. The van der Waals surface area contributed by atoms with Crippen LogP contribution in [-0.4, -0.2) is 30.4 Å². The largest absolute Gasteiger partial charge is 0.382 e. The van der Waals surface area contributed by atoms with Crippen LogP contribution < -0.4 is 11.1 Å². The molecule has 18 heavy (non-hydrogen) atoms. The summed E-state index contributed by atoms with van der Waals surface area (Å²) in [7, 11) is -3.36. The predicted octanol–water partition coefficient (Wildman–Crippen LogP) is 1.18. The molecule has 0 spiro atoms. The van der Waals surface area contributed by atoms with Crippen LogP contribution in [0.25, 0.3) is 0 Å². The molecule has 100 valence electrons. The number of nitrogens with zero attached hydrogens (tertiary/aromatic N) is 1. The highest BCUT2D eigenvalue weighted by molar-refractivity contribution is 9.09. The zero-order valence-corrected chi connectivity index (χ0v) is 12.2. The Balaban J connectivity index is 3.06. The number of nitrogens with two attached hydrogens (primary N) is 1. The summed E-state index contributed by atoms with van der Waals surface area (Å²) >= 11 is 3.14. The zero-order chi connectivity index (χ0) is 13.8. The molecule has 6 nitrogen and oxygen atoms in total. The molecule has 0 saturated heterocycles. The number of sulfone groups is 1. The third kappa shape index (κ3) is 3.67.